The third-order valence-electron chi connectivity index (χ3n) is 5.85. The number of aromatic nitrogens is 1. The molecular formula is C26H26F3N5O2. The molecule has 2 heterocycles. The Bertz CT molecular complexity index is 1200. The van der Waals surface area contributed by atoms with Crippen LogP contribution in [0.3, 0.4) is 0 Å². The lowest BCUT2D eigenvalue weighted by atomic mass is 10.1. The summed E-state index contributed by atoms with van der Waals surface area (Å²) in [4.78, 5) is 33.3. The number of alkyl halides is 3. The van der Waals surface area contributed by atoms with E-state index in [0.29, 0.717) is 32.7 Å². The maximum Gasteiger partial charge on any atom is 0.416 e. The van der Waals surface area contributed by atoms with Gasteiger partial charge in [-0.05, 0) is 35.9 Å². The van der Waals surface area contributed by atoms with Crippen molar-refractivity contribution in [2.75, 3.05) is 38.0 Å². The number of amides is 2. The number of nitrogens with one attached hydrogen (secondary N) is 2. The monoisotopic (exact) mass is 497 g/mol. The van der Waals surface area contributed by atoms with E-state index in [1.165, 1.54) is 18.3 Å². The minimum atomic E-state index is -4.47. The first kappa shape index (κ1) is 25.2. The van der Waals surface area contributed by atoms with Gasteiger partial charge in [0.1, 0.15) is 5.82 Å². The summed E-state index contributed by atoms with van der Waals surface area (Å²) in [6, 6.07) is 17.6. The van der Waals surface area contributed by atoms with Crippen molar-refractivity contribution in [3.8, 4) is 0 Å². The molecule has 1 aliphatic rings. The van der Waals surface area contributed by atoms with Crippen LogP contribution in [0.15, 0.2) is 72.9 Å². The van der Waals surface area contributed by atoms with Crippen LogP contribution < -0.4 is 10.6 Å². The SMILES string of the molecule is O=C(CN1CCN(C(=O)c2cccnc2Nc2cccc(C(F)(F)F)c2)CC1)NCc1ccccc1. The fourth-order valence-corrected chi connectivity index (χ4v) is 3.92. The number of anilines is 2. The molecule has 2 amide bonds. The molecule has 0 unspecified atom stereocenters. The van der Waals surface area contributed by atoms with Crippen molar-refractivity contribution in [3.05, 3.63) is 89.6 Å². The number of benzene rings is 2. The fraction of sp³-hybridized carbons (Fsp3) is 0.269. The molecule has 3 aromatic rings. The number of hydrogen-bond donors (Lipinski definition) is 2. The first-order valence-electron chi connectivity index (χ1n) is 11.5. The number of piperazine rings is 1. The summed E-state index contributed by atoms with van der Waals surface area (Å²) in [5.74, 6) is -0.172. The van der Waals surface area contributed by atoms with Gasteiger partial charge in [0.2, 0.25) is 5.91 Å². The van der Waals surface area contributed by atoms with E-state index in [1.807, 2.05) is 35.2 Å². The molecule has 2 aromatic carbocycles. The maximum absolute atomic E-state index is 13.2. The topological polar surface area (TPSA) is 77.6 Å². The molecule has 188 valence electrons. The number of pyridine rings is 1. The van der Waals surface area contributed by atoms with Crippen molar-refractivity contribution in [1.82, 2.24) is 20.1 Å². The van der Waals surface area contributed by atoms with Crippen molar-refractivity contribution in [1.29, 1.82) is 0 Å². The minimum Gasteiger partial charge on any atom is -0.351 e. The molecule has 2 N–H and O–H groups in total. The van der Waals surface area contributed by atoms with Gasteiger partial charge in [0.05, 0.1) is 17.7 Å². The van der Waals surface area contributed by atoms with E-state index in [9.17, 15) is 22.8 Å². The summed E-state index contributed by atoms with van der Waals surface area (Å²) in [7, 11) is 0. The molecule has 7 nitrogen and oxygen atoms in total. The molecule has 0 aliphatic carbocycles. The van der Waals surface area contributed by atoms with Crippen LogP contribution in [0.25, 0.3) is 0 Å². The first-order valence-corrected chi connectivity index (χ1v) is 11.5. The lowest BCUT2D eigenvalue weighted by Crippen LogP contribution is -2.51. The largest absolute Gasteiger partial charge is 0.416 e. The van der Waals surface area contributed by atoms with Crippen LogP contribution in [0.1, 0.15) is 21.5 Å². The minimum absolute atomic E-state index is 0.0848. The molecule has 0 radical (unpaired) electrons. The predicted molar refractivity (Wildman–Crippen MR) is 130 cm³/mol. The van der Waals surface area contributed by atoms with Gasteiger partial charge in [0.25, 0.3) is 5.91 Å². The van der Waals surface area contributed by atoms with Gasteiger partial charge in [-0.1, -0.05) is 36.4 Å². The van der Waals surface area contributed by atoms with Crippen LogP contribution in [0.5, 0.6) is 0 Å². The summed E-state index contributed by atoms with van der Waals surface area (Å²) in [5.41, 5.74) is 0.681. The Morgan fingerprint density at radius 3 is 2.39 bits per heavy atom. The molecule has 10 heteroatoms. The van der Waals surface area contributed by atoms with Gasteiger partial charge in [0.15, 0.2) is 0 Å². The zero-order chi connectivity index (χ0) is 25.5. The van der Waals surface area contributed by atoms with Crippen LogP contribution in [0.2, 0.25) is 0 Å². The van der Waals surface area contributed by atoms with E-state index in [0.717, 1.165) is 17.7 Å². The molecule has 4 rings (SSSR count). The first-order chi connectivity index (χ1) is 17.3. The van der Waals surface area contributed by atoms with E-state index < -0.39 is 11.7 Å². The third kappa shape index (κ3) is 6.60. The Morgan fingerprint density at radius 2 is 1.67 bits per heavy atom. The number of halogens is 3. The van der Waals surface area contributed by atoms with E-state index >= 15 is 0 Å². The highest BCUT2D eigenvalue weighted by Gasteiger charge is 2.30. The van der Waals surface area contributed by atoms with E-state index in [1.54, 1.807) is 17.0 Å². The highest BCUT2D eigenvalue weighted by molar-refractivity contribution is 5.99. The molecule has 0 spiro atoms. The Morgan fingerprint density at radius 1 is 0.917 bits per heavy atom. The number of carbonyl (C=O) groups excluding carboxylic acids is 2. The van der Waals surface area contributed by atoms with Crippen LogP contribution in [-0.2, 0) is 17.5 Å². The van der Waals surface area contributed by atoms with Crippen LogP contribution >= 0.6 is 0 Å². The van der Waals surface area contributed by atoms with Gasteiger partial charge in [-0.2, -0.15) is 13.2 Å². The number of carbonyl (C=O) groups is 2. The third-order valence-corrected chi connectivity index (χ3v) is 5.85. The summed E-state index contributed by atoms with van der Waals surface area (Å²) in [5, 5.41) is 5.75. The van der Waals surface area contributed by atoms with Crippen molar-refractivity contribution in [2.45, 2.75) is 12.7 Å². The van der Waals surface area contributed by atoms with E-state index in [4.69, 9.17) is 0 Å². The zero-order valence-corrected chi connectivity index (χ0v) is 19.5. The Kier molecular flexibility index (Phi) is 7.84. The van der Waals surface area contributed by atoms with Crippen molar-refractivity contribution >= 4 is 23.3 Å². The second-order valence-electron chi connectivity index (χ2n) is 8.43. The van der Waals surface area contributed by atoms with Gasteiger partial charge in [-0.15, -0.1) is 0 Å². The Balaban J connectivity index is 1.33. The average Bonchev–Trinajstić information content (AvgIpc) is 2.88. The van der Waals surface area contributed by atoms with E-state index in [2.05, 4.69) is 15.6 Å². The summed E-state index contributed by atoms with van der Waals surface area (Å²) >= 11 is 0. The molecular weight excluding hydrogens is 471 g/mol. The van der Waals surface area contributed by atoms with Gasteiger partial charge < -0.3 is 15.5 Å². The molecule has 0 atom stereocenters. The highest BCUT2D eigenvalue weighted by atomic mass is 19.4. The van der Waals surface area contributed by atoms with Crippen molar-refractivity contribution in [3.63, 3.8) is 0 Å². The van der Waals surface area contributed by atoms with Crippen LogP contribution in [0.4, 0.5) is 24.7 Å². The van der Waals surface area contributed by atoms with Crippen molar-refractivity contribution < 1.29 is 22.8 Å². The van der Waals surface area contributed by atoms with Crippen LogP contribution in [-0.4, -0.2) is 59.3 Å². The van der Waals surface area contributed by atoms with Crippen molar-refractivity contribution in [2.24, 2.45) is 0 Å². The standard InChI is InChI=1S/C26H26F3N5O2/c27-26(28,29)20-8-4-9-21(16-20)32-24-22(10-5-11-30-24)25(36)34-14-12-33(13-15-34)18-23(35)31-17-19-6-2-1-3-7-19/h1-11,16H,12-15,17-18H2,(H,30,32)(H,31,35). The Labute approximate surface area is 206 Å². The van der Waals surface area contributed by atoms with E-state index in [-0.39, 0.29) is 35.4 Å². The maximum atomic E-state index is 13.2. The van der Waals surface area contributed by atoms with Crippen LogP contribution in [0, 0.1) is 0 Å². The van der Waals surface area contributed by atoms with Gasteiger partial charge in [-0.3, -0.25) is 14.5 Å². The number of hydrogen-bond acceptors (Lipinski definition) is 5. The summed E-state index contributed by atoms with van der Waals surface area (Å²) < 4.78 is 39.2. The lowest BCUT2D eigenvalue weighted by Gasteiger charge is -2.34. The molecule has 36 heavy (non-hydrogen) atoms. The highest BCUT2D eigenvalue weighted by Crippen LogP contribution is 2.31. The Hall–Kier alpha value is -3.92. The molecule has 1 aromatic heterocycles. The summed E-state index contributed by atoms with van der Waals surface area (Å²) in [6.07, 6.45) is -3.00. The molecule has 0 bridgehead atoms. The van der Waals surface area contributed by atoms with Gasteiger partial charge in [0, 0.05) is 44.6 Å². The average molecular weight is 498 g/mol. The predicted octanol–water partition coefficient (Wildman–Crippen LogP) is 3.92. The smallest absolute Gasteiger partial charge is 0.351 e. The molecule has 1 saturated heterocycles. The van der Waals surface area contributed by atoms with Gasteiger partial charge >= 0.3 is 6.18 Å². The second-order valence-corrected chi connectivity index (χ2v) is 8.43. The number of nitrogens with zero attached hydrogens (tertiary/aromatic N) is 3. The quantitative estimate of drug-likeness (QED) is 0.518. The molecule has 1 aliphatic heterocycles. The molecule has 0 saturated carbocycles. The zero-order valence-electron chi connectivity index (χ0n) is 19.5. The second kappa shape index (κ2) is 11.2. The molecule has 1 fully saturated rings. The lowest BCUT2D eigenvalue weighted by molar-refractivity contribution is -0.137. The summed E-state index contributed by atoms with van der Waals surface area (Å²) in [6.45, 7) is 2.60. The number of rotatable bonds is 7. The van der Waals surface area contributed by atoms with Gasteiger partial charge in [-0.25, -0.2) is 4.98 Å². The normalized spacial score (nSPS) is 14.4. The fourth-order valence-electron chi connectivity index (χ4n) is 3.92.